The summed E-state index contributed by atoms with van der Waals surface area (Å²) >= 11 is 7.23. The molecule has 0 saturated carbocycles. The molecule has 6 nitrogen and oxygen atoms in total. The second-order valence-corrected chi connectivity index (χ2v) is 4.64. The molecule has 0 fully saturated rings. The molecule has 8 heteroatoms. The molecule has 0 amide bonds. The Balaban J connectivity index is 2.05. The lowest BCUT2D eigenvalue weighted by atomic mass is 10.4. The van der Waals surface area contributed by atoms with E-state index in [-0.39, 0.29) is 11.0 Å². The molecule has 0 bridgehead atoms. The SMILES string of the molecule is O=[N+]([O-])c1c(Cl)ncnc1OCCc1cccs1. The zero-order chi connectivity index (χ0) is 13.0. The van der Waals surface area contributed by atoms with Crippen molar-refractivity contribution in [3.63, 3.8) is 0 Å². The van der Waals surface area contributed by atoms with Gasteiger partial charge in [-0.05, 0) is 11.4 Å². The van der Waals surface area contributed by atoms with Crippen LogP contribution in [0.4, 0.5) is 5.69 Å². The number of nitrogens with zero attached hydrogens (tertiary/aromatic N) is 3. The smallest absolute Gasteiger partial charge is 0.367 e. The summed E-state index contributed by atoms with van der Waals surface area (Å²) in [5.41, 5.74) is -0.398. The Labute approximate surface area is 111 Å². The number of aromatic nitrogens is 2. The summed E-state index contributed by atoms with van der Waals surface area (Å²) in [6, 6.07) is 3.90. The van der Waals surface area contributed by atoms with Crippen LogP contribution in [0, 0.1) is 10.1 Å². The van der Waals surface area contributed by atoms with Gasteiger partial charge in [0.05, 0.1) is 11.5 Å². The Morgan fingerprint density at radius 1 is 1.50 bits per heavy atom. The first-order valence-electron chi connectivity index (χ1n) is 4.98. The molecule has 2 aromatic rings. The van der Waals surface area contributed by atoms with Crippen molar-refractivity contribution in [1.82, 2.24) is 9.97 Å². The van der Waals surface area contributed by atoms with E-state index in [4.69, 9.17) is 16.3 Å². The number of ether oxygens (including phenoxy) is 1. The van der Waals surface area contributed by atoms with E-state index in [9.17, 15) is 10.1 Å². The highest BCUT2D eigenvalue weighted by Crippen LogP contribution is 2.30. The van der Waals surface area contributed by atoms with E-state index in [1.165, 1.54) is 0 Å². The Morgan fingerprint density at radius 3 is 3.00 bits per heavy atom. The van der Waals surface area contributed by atoms with Gasteiger partial charge < -0.3 is 4.74 Å². The van der Waals surface area contributed by atoms with Crippen LogP contribution in [0.5, 0.6) is 5.88 Å². The van der Waals surface area contributed by atoms with Crippen LogP contribution < -0.4 is 4.74 Å². The third kappa shape index (κ3) is 2.93. The molecule has 94 valence electrons. The molecule has 0 saturated heterocycles. The lowest BCUT2D eigenvalue weighted by Crippen LogP contribution is -2.05. The highest BCUT2D eigenvalue weighted by molar-refractivity contribution is 7.09. The van der Waals surface area contributed by atoms with Crippen molar-refractivity contribution in [2.75, 3.05) is 6.61 Å². The van der Waals surface area contributed by atoms with Crippen molar-refractivity contribution < 1.29 is 9.66 Å². The summed E-state index contributed by atoms with van der Waals surface area (Å²) in [6.45, 7) is 0.300. The van der Waals surface area contributed by atoms with Gasteiger partial charge in [0.2, 0.25) is 5.15 Å². The van der Waals surface area contributed by atoms with Crippen molar-refractivity contribution in [1.29, 1.82) is 0 Å². The van der Waals surface area contributed by atoms with E-state index in [1.807, 2.05) is 17.5 Å². The Morgan fingerprint density at radius 2 is 2.33 bits per heavy atom. The Kier molecular flexibility index (Phi) is 4.06. The minimum Gasteiger partial charge on any atom is -0.472 e. The summed E-state index contributed by atoms with van der Waals surface area (Å²) in [5, 5.41) is 12.5. The van der Waals surface area contributed by atoms with Gasteiger partial charge in [0.1, 0.15) is 6.33 Å². The molecule has 0 aliphatic heterocycles. The lowest BCUT2D eigenvalue weighted by molar-refractivity contribution is -0.386. The number of halogens is 1. The fraction of sp³-hybridized carbons (Fsp3) is 0.200. The van der Waals surface area contributed by atoms with Crippen LogP contribution in [0.3, 0.4) is 0 Å². The van der Waals surface area contributed by atoms with Gasteiger partial charge in [-0.2, -0.15) is 4.98 Å². The molecule has 2 aromatic heterocycles. The van der Waals surface area contributed by atoms with E-state index < -0.39 is 10.6 Å². The first-order valence-corrected chi connectivity index (χ1v) is 6.24. The summed E-state index contributed by atoms with van der Waals surface area (Å²) in [7, 11) is 0. The molecule has 0 aliphatic rings. The molecule has 0 aliphatic carbocycles. The van der Waals surface area contributed by atoms with Gasteiger partial charge in [-0.15, -0.1) is 11.3 Å². The third-order valence-electron chi connectivity index (χ3n) is 2.09. The maximum Gasteiger partial charge on any atom is 0.367 e. The van der Waals surface area contributed by atoms with Crippen molar-refractivity contribution >= 4 is 28.6 Å². The molecule has 18 heavy (non-hydrogen) atoms. The van der Waals surface area contributed by atoms with Crippen molar-refractivity contribution in [3.8, 4) is 5.88 Å². The van der Waals surface area contributed by atoms with Gasteiger partial charge >= 0.3 is 5.69 Å². The van der Waals surface area contributed by atoms with Crippen LogP contribution >= 0.6 is 22.9 Å². The lowest BCUT2D eigenvalue weighted by Gasteiger charge is -2.04. The quantitative estimate of drug-likeness (QED) is 0.479. The second-order valence-electron chi connectivity index (χ2n) is 3.25. The monoisotopic (exact) mass is 285 g/mol. The third-order valence-corrected chi connectivity index (χ3v) is 3.31. The van der Waals surface area contributed by atoms with E-state index in [0.29, 0.717) is 13.0 Å². The summed E-state index contributed by atoms with van der Waals surface area (Å²) in [4.78, 5) is 18.6. The van der Waals surface area contributed by atoms with Gasteiger partial charge in [-0.3, -0.25) is 10.1 Å². The highest BCUT2D eigenvalue weighted by Gasteiger charge is 2.22. The van der Waals surface area contributed by atoms with Gasteiger partial charge in [0.25, 0.3) is 5.88 Å². The second kappa shape index (κ2) is 5.74. The van der Waals surface area contributed by atoms with Gasteiger partial charge in [-0.25, -0.2) is 4.98 Å². The zero-order valence-electron chi connectivity index (χ0n) is 9.08. The molecule has 0 spiro atoms. The van der Waals surface area contributed by atoms with Crippen molar-refractivity contribution in [2.45, 2.75) is 6.42 Å². The first-order chi connectivity index (χ1) is 8.68. The van der Waals surface area contributed by atoms with Crippen LogP contribution in [0.25, 0.3) is 0 Å². The van der Waals surface area contributed by atoms with Crippen LogP contribution in [0.2, 0.25) is 5.15 Å². The van der Waals surface area contributed by atoms with Crippen LogP contribution in [-0.2, 0) is 6.42 Å². The largest absolute Gasteiger partial charge is 0.472 e. The molecule has 0 radical (unpaired) electrons. The molecule has 0 aromatic carbocycles. The summed E-state index contributed by atoms with van der Waals surface area (Å²) in [5.74, 6) is -0.100. The zero-order valence-corrected chi connectivity index (χ0v) is 10.6. The summed E-state index contributed by atoms with van der Waals surface area (Å²) in [6.07, 6.45) is 1.80. The Bertz CT molecular complexity index is 547. The standard InChI is InChI=1S/C10H8ClN3O3S/c11-9-8(14(15)16)10(13-6-12-9)17-4-3-7-2-1-5-18-7/h1-2,5-6H,3-4H2. The fourth-order valence-corrected chi connectivity index (χ4v) is 2.19. The molecule has 2 heterocycles. The van der Waals surface area contributed by atoms with Gasteiger partial charge in [-0.1, -0.05) is 17.7 Å². The number of hydrogen-bond donors (Lipinski definition) is 0. The molecule has 0 unspecified atom stereocenters. The van der Waals surface area contributed by atoms with E-state index in [1.54, 1.807) is 11.3 Å². The predicted octanol–water partition coefficient (Wildman–Crippen LogP) is 2.72. The molecular weight excluding hydrogens is 278 g/mol. The van der Waals surface area contributed by atoms with Crippen molar-refractivity contribution in [2.24, 2.45) is 0 Å². The fourth-order valence-electron chi connectivity index (χ4n) is 1.30. The maximum atomic E-state index is 10.8. The number of hydrogen-bond acceptors (Lipinski definition) is 6. The van der Waals surface area contributed by atoms with Gasteiger partial charge in [0, 0.05) is 11.3 Å². The van der Waals surface area contributed by atoms with Crippen LogP contribution in [0.15, 0.2) is 23.8 Å². The van der Waals surface area contributed by atoms with E-state index in [2.05, 4.69) is 9.97 Å². The molecule has 0 N–H and O–H groups in total. The first kappa shape index (κ1) is 12.7. The van der Waals surface area contributed by atoms with Crippen LogP contribution in [0.1, 0.15) is 4.88 Å². The molecule has 0 atom stereocenters. The normalized spacial score (nSPS) is 10.3. The number of thiophene rings is 1. The number of rotatable bonds is 5. The predicted molar refractivity (Wildman–Crippen MR) is 67.2 cm³/mol. The van der Waals surface area contributed by atoms with Gasteiger partial charge in [0.15, 0.2) is 0 Å². The summed E-state index contributed by atoms with van der Waals surface area (Å²) < 4.78 is 5.28. The van der Waals surface area contributed by atoms with Crippen molar-refractivity contribution in [3.05, 3.63) is 44.0 Å². The molecular formula is C10H8ClN3O3S. The highest BCUT2D eigenvalue weighted by atomic mass is 35.5. The maximum absolute atomic E-state index is 10.8. The van der Waals surface area contributed by atoms with Crippen LogP contribution in [-0.4, -0.2) is 21.5 Å². The minimum absolute atomic E-state index is 0.100. The number of nitro groups is 1. The average Bonchev–Trinajstić information content (AvgIpc) is 2.81. The van der Waals surface area contributed by atoms with E-state index >= 15 is 0 Å². The topological polar surface area (TPSA) is 78.2 Å². The molecule has 2 rings (SSSR count). The Hall–Kier alpha value is -1.73. The average molecular weight is 286 g/mol. The minimum atomic E-state index is -0.650. The van der Waals surface area contributed by atoms with E-state index in [0.717, 1.165) is 11.2 Å².